The Morgan fingerprint density at radius 1 is 1.45 bits per heavy atom. The van der Waals surface area contributed by atoms with Crippen LogP contribution in [0.1, 0.15) is 4.88 Å². The molecule has 22 heavy (non-hydrogen) atoms. The van der Waals surface area contributed by atoms with Gasteiger partial charge in [0, 0.05) is 38.3 Å². The number of nitrogens with zero attached hydrogens (tertiary/aromatic N) is 2. The Balaban J connectivity index is 2.18. The summed E-state index contributed by atoms with van der Waals surface area (Å²) in [6, 6.07) is 4.19. The molecule has 126 valence electrons. The molecule has 1 N–H and O–H groups in total. The van der Waals surface area contributed by atoms with Gasteiger partial charge in [0.1, 0.15) is 9.84 Å². The Bertz CT molecular complexity index is 542. The number of nitrogens with one attached hydrogen (secondary N) is 1. The minimum Gasteiger partial charge on any atom is -0.379 e. The van der Waals surface area contributed by atoms with Crippen molar-refractivity contribution >= 4 is 27.1 Å². The molecule has 0 atom stereocenters. The molecule has 0 bridgehead atoms. The van der Waals surface area contributed by atoms with Gasteiger partial charge in [0.2, 0.25) is 0 Å². The Morgan fingerprint density at radius 3 is 2.82 bits per heavy atom. The molecule has 1 heterocycles. The van der Waals surface area contributed by atoms with Gasteiger partial charge in [-0.1, -0.05) is 6.07 Å². The van der Waals surface area contributed by atoms with E-state index in [4.69, 9.17) is 4.74 Å². The lowest BCUT2D eigenvalue weighted by atomic mass is 10.3. The monoisotopic (exact) mass is 347 g/mol. The van der Waals surface area contributed by atoms with E-state index in [1.165, 1.54) is 11.1 Å². The summed E-state index contributed by atoms with van der Waals surface area (Å²) in [5.74, 6) is 0.867. The molecule has 1 aromatic rings. The molecule has 0 unspecified atom stereocenters. The van der Waals surface area contributed by atoms with Crippen LogP contribution in [0, 0.1) is 0 Å². The van der Waals surface area contributed by atoms with Crippen LogP contribution in [0.5, 0.6) is 0 Å². The zero-order valence-electron chi connectivity index (χ0n) is 13.4. The van der Waals surface area contributed by atoms with Crippen LogP contribution in [0.15, 0.2) is 22.5 Å². The van der Waals surface area contributed by atoms with Gasteiger partial charge in [0.15, 0.2) is 5.96 Å². The molecule has 0 saturated carbocycles. The van der Waals surface area contributed by atoms with Crippen molar-refractivity contribution in [3.05, 3.63) is 22.4 Å². The molecule has 6 nitrogen and oxygen atoms in total. The van der Waals surface area contributed by atoms with Crippen molar-refractivity contribution in [2.24, 2.45) is 4.99 Å². The molecule has 0 saturated heterocycles. The third-order valence-corrected chi connectivity index (χ3v) is 4.82. The summed E-state index contributed by atoms with van der Waals surface area (Å²) in [7, 11) is 0.787. The van der Waals surface area contributed by atoms with Crippen molar-refractivity contribution in [3.63, 3.8) is 0 Å². The van der Waals surface area contributed by atoms with Crippen molar-refractivity contribution < 1.29 is 13.2 Å². The van der Waals surface area contributed by atoms with Crippen LogP contribution in [0.3, 0.4) is 0 Å². The zero-order valence-corrected chi connectivity index (χ0v) is 15.0. The van der Waals surface area contributed by atoms with Crippen molar-refractivity contribution in [1.82, 2.24) is 10.2 Å². The maximum Gasteiger partial charge on any atom is 0.193 e. The summed E-state index contributed by atoms with van der Waals surface area (Å²) < 4.78 is 27.2. The van der Waals surface area contributed by atoms with E-state index in [0.29, 0.717) is 13.2 Å². The smallest absolute Gasteiger partial charge is 0.193 e. The van der Waals surface area contributed by atoms with Gasteiger partial charge < -0.3 is 15.0 Å². The Kier molecular flexibility index (Phi) is 8.44. The van der Waals surface area contributed by atoms with E-state index in [1.807, 2.05) is 7.05 Å². The van der Waals surface area contributed by atoms with E-state index >= 15 is 0 Å². The highest BCUT2D eigenvalue weighted by Gasteiger charge is 2.06. The van der Waals surface area contributed by atoms with Crippen LogP contribution in [-0.4, -0.2) is 71.7 Å². The molecule has 0 aliphatic carbocycles. The highest BCUT2D eigenvalue weighted by Crippen LogP contribution is 2.09. The molecule has 0 aromatic carbocycles. The highest BCUT2D eigenvalue weighted by molar-refractivity contribution is 7.90. The second kappa shape index (κ2) is 9.81. The van der Waals surface area contributed by atoms with Gasteiger partial charge >= 0.3 is 0 Å². The van der Waals surface area contributed by atoms with E-state index in [-0.39, 0.29) is 12.4 Å². The Labute approximate surface area is 137 Å². The van der Waals surface area contributed by atoms with Crippen LogP contribution in [0.2, 0.25) is 0 Å². The van der Waals surface area contributed by atoms with E-state index in [0.717, 1.165) is 18.9 Å². The number of hydrogen-bond acceptors (Lipinski definition) is 5. The first-order valence-corrected chi connectivity index (χ1v) is 10.1. The number of hydrogen-bond donors (Lipinski definition) is 1. The summed E-state index contributed by atoms with van der Waals surface area (Å²) in [5.41, 5.74) is 0. The fourth-order valence-corrected chi connectivity index (χ4v) is 2.89. The summed E-state index contributed by atoms with van der Waals surface area (Å²) in [5, 5.41) is 5.28. The van der Waals surface area contributed by atoms with Gasteiger partial charge in [-0.15, -0.1) is 11.3 Å². The maximum absolute atomic E-state index is 11.0. The number of sulfone groups is 1. The van der Waals surface area contributed by atoms with Gasteiger partial charge in [0.05, 0.1) is 19.0 Å². The molecule has 8 heteroatoms. The number of aliphatic imine (C=N–C) groups is 1. The summed E-state index contributed by atoms with van der Waals surface area (Å²) in [6.45, 7) is 2.16. The normalized spacial score (nSPS) is 12.4. The molecule has 0 spiro atoms. The summed E-state index contributed by atoms with van der Waals surface area (Å²) >= 11 is 1.76. The van der Waals surface area contributed by atoms with Crippen molar-refractivity contribution in [2.45, 2.75) is 6.42 Å². The van der Waals surface area contributed by atoms with Crippen LogP contribution in [0.4, 0.5) is 0 Å². The standard InChI is InChI=1S/C14H25N3O3S2/c1-15-14(16-7-9-20-10-12-22(3,18)19)17(2)8-6-13-5-4-11-21-13/h4-5,11H,6-10,12H2,1-3H3,(H,15,16). The van der Waals surface area contributed by atoms with Crippen LogP contribution in [0.25, 0.3) is 0 Å². The number of likely N-dealkylation sites (N-methyl/N-ethyl adjacent to an activating group) is 1. The average molecular weight is 348 g/mol. The molecule has 0 aliphatic rings. The predicted molar refractivity (Wildman–Crippen MR) is 92.5 cm³/mol. The molecular formula is C14H25N3O3S2. The van der Waals surface area contributed by atoms with Crippen LogP contribution < -0.4 is 5.32 Å². The van der Waals surface area contributed by atoms with Gasteiger partial charge in [0.25, 0.3) is 0 Å². The van der Waals surface area contributed by atoms with E-state index in [9.17, 15) is 8.42 Å². The molecule has 0 aliphatic heterocycles. The summed E-state index contributed by atoms with van der Waals surface area (Å²) in [4.78, 5) is 7.65. The lowest BCUT2D eigenvalue weighted by Crippen LogP contribution is -2.41. The van der Waals surface area contributed by atoms with Crippen LogP contribution in [-0.2, 0) is 21.0 Å². The fraction of sp³-hybridized carbons (Fsp3) is 0.643. The quantitative estimate of drug-likeness (QED) is 0.408. The van der Waals surface area contributed by atoms with Gasteiger partial charge in [-0.25, -0.2) is 8.42 Å². The van der Waals surface area contributed by atoms with E-state index < -0.39 is 9.84 Å². The number of rotatable bonds is 9. The lowest BCUT2D eigenvalue weighted by Gasteiger charge is -2.21. The maximum atomic E-state index is 11.0. The number of guanidine groups is 1. The zero-order chi connectivity index (χ0) is 16.4. The van der Waals surface area contributed by atoms with Gasteiger partial charge in [-0.2, -0.15) is 0 Å². The first-order chi connectivity index (χ1) is 10.4. The minimum atomic E-state index is -2.95. The van der Waals surface area contributed by atoms with Crippen molar-refractivity contribution in [3.8, 4) is 0 Å². The number of ether oxygens (including phenoxy) is 1. The Hall–Kier alpha value is -1.12. The van der Waals surface area contributed by atoms with Gasteiger partial charge in [-0.05, 0) is 17.9 Å². The molecule has 1 aromatic heterocycles. The van der Waals surface area contributed by atoms with E-state index in [2.05, 4.69) is 32.7 Å². The topological polar surface area (TPSA) is 71.0 Å². The molecule has 1 rings (SSSR count). The van der Waals surface area contributed by atoms with Crippen molar-refractivity contribution in [1.29, 1.82) is 0 Å². The molecule has 0 amide bonds. The largest absolute Gasteiger partial charge is 0.379 e. The first-order valence-electron chi connectivity index (χ1n) is 7.12. The lowest BCUT2D eigenvalue weighted by molar-refractivity contribution is 0.153. The average Bonchev–Trinajstić information content (AvgIpc) is 2.96. The Morgan fingerprint density at radius 2 is 2.23 bits per heavy atom. The first kappa shape index (κ1) is 18.9. The predicted octanol–water partition coefficient (Wildman–Crippen LogP) is 0.859. The van der Waals surface area contributed by atoms with E-state index in [1.54, 1.807) is 18.4 Å². The molecular weight excluding hydrogens is 322 g/mol. The second-order valence-electron chi connectivity index (χ2n) is 4.97. The van der Waals surface area contributed by atoms with Gasteiger partial charge in [-0.3, -0.25) is 4.99 Å². The molecule has 0 fully saturated rings. The molecule has 0 radical (unpaired) electrons. The minimum absolute atomic E-state index is 0.0580. The SMILES string of the molecule is CN=C(NCCOCCS(C)(=O)=O)N(C)CCc1cccs1. The third kappa shape index (κ3) is 8.35. The summed E-state index contributed by atoms with van der Waals surface area (Å²) in [6.07, 6.45) is 2.19. The second-order valence-corrected chi connectivity index (χ2v) is 8.26. The van der Waals surface area contributed by atoms with Crippen LogP contribution >= 0.6 is 11.3 Å². The fourth-order valence-electron chi connectivity index (χ4n) is 1.77. The number of thiophene rings is 1. The van der Waals surface area contributed by atoms with Crippen molar-refractivity contribution in [2.75, 3.05) is 52.4 Å². The third-order valence-electron chi connectivity index (χ3n) is 2.98. The highest BCUT2D eigenvalue weighted by atomic mass is 32.2.